The second-order valence-corrected chi connectivity index (χ2v) is 6.71. The Morgan fingerprint density at radius 1 is 1.47 bits per heavy atom. The summed E-state index contributed by atoms with van der Waals surface area (Å²) in [5, 5.41) is 7.73. The molecular formula is C14H13ClINOS. The third-order valence-corrected chi connectivity index (χ3v) is 4.58. The van der Waals surface area contributed by atoms with Crippen LogP contribution in [0, 0.1) is 3.57 Å². The van der Waals surface area contributed by atoms with Crippen LogP contribution < -0.4 is 5.32 Å². The lowest BCUT2D eigenvalue weighted by molar-refractivity contribution is 0.0939. The molecule has 0 saturated carbocycles. The summed E-state index contributed by atoms with van der Waals surface area (Å²) < 4.78 is 0.905. The molecule has 19 heavy (non-hydrogen) atoms. The number of benzene rings is 1. The first kappa shape index (κ1) is 14.8. The van der Waals surface area contributed by atoms with Crippen LogP contribution in [-0.4, -0.2) is 11.9 Å². The molecule has 1 heterocycles. The summed E-state index contributed by atoms with van der Waals surface area (Å²) in [7, 11) is 0. The van der Waals surface area contributed by atoms with Crippen LogP contribution in [0.4, 0.5) is 0 Å². The molecule has 0 aliphatic heterocycles. The van der Waals surface area contributed by atoms with Crippen LogP contribution in [0.1, 0.15) is 22.8 Å². The van der Waals surface area contributed by atoms with E-state index in [0.29, 0.717) is 10.6 Å². The summed E-state index contributed by atoms with van der Waals surface area (Å²) in [5.74, 6) is -0.0744. The number of thiophene rings is 1. The number of hydrogen-bond acceptors (Lipinski definition) is 2. The molecule has 1 unspecified atom stereocenters. The molecule has 2 rings (SSSR count). The first-order chi connectivity index (χ1) is 9.06. The predicted octanol–water partition coefficient (Wildman–Crippen LogP) is 4.37. The lowest BCUT2D eigenvalue weighted by Crippen LogP contribution is -2.34. The van der Waals surface area contributed by atoms with E-state index in [1.165, 1.54) is 5.56 Å². The van der Waals surface area contributed by atoms with Gasteiger partial charge in [-0.05, 0) is 76.5 Å². The maximum Gasteiger partial charge on any atom is 0.252 e. The van der Waals surface area contributed by atoms with Crippen molar-refractivity contribution < 1.29 is 4.79 Å². The van der Waals surface area contributed by atoms with Crippen molar-refractivity contribution in [2.75, 3.05) is 0 Å². The Labute approximate surface area is 135 Å². The van der Waals surface area contributed by atoms with Gasteiger partial charge < -0.3 is 5.32 Å². The fourth-order valence-corrected chi connectivity index (χ4v) is 3.22. The van der Waals surface area contributed by atoms with Crippen molar-refractivity contribution in [2.45, 2.75) is 19.4 Å². The molecule has 0 bridgehead atoms. The van der Waals surface area contributed by atoms with E-state index in [2.05, 4.69) is 39.4 Å². The highest BCUT2D eigenvalue weighted by Crippen LogP contribution is 2.18. The minimum Gasteiger partial charge on any atom is -0.349 e. The maximum absolute atomic E-state index is 12.2. The van der Waals surface area contributed by atoms with Crippen molar-refractivity contribution in [3.05, 3.63) is 54.7 Å². The molecule has 0 saturated heterocycles. The van der Waals surface area contributed by atoms with E-state index in [-0.39, 0.29) is 11.9 Å². The van der Waals surface area contributed by atoms with Crippen molar-refractivity contribution >= 4 is 51.4 Å². The summed E-state index contributed by atoms with van der Waals surface area (Å²) in [5.41, 5.74) is 1.88. The van der Waals surface area contributed by atoms with Crippen LogP contribution in [0.15, 0.2) is 35.0 Å². The van der Waals surface area contributed by atoms with Crippen LogP contribution >= 0.6 is 45.5 Å². The van der Waals surface area contributed by atoms with Gasteiger partial charge in [-0.15, -0.1) is 0 Å². The minimum atomic E-state index is -0.0744. The summed E-state index contributed by atoms with van der Waals surface area (Å²) in [6, 6.07) is 7.51. The molecular weight excluding hydrogens is 393 g/mol. The highest BCUT2D eigenvalue weighted by Gasteiger charge is 2.13. The highest BCUT2D eigenvalue weighted by molar-refractivity contribution is 14.1. The van der Waals surface area contributed by atoms with Crippen LogP contribution in [0.2, 0.25) is 5.02 Å². The molecule has 5 heteroatoms. The Bertz CT molecular complexity index is 571. The van der Waals surface area contributed by atoms with Gasteiger partial charge in [0.15, 0.2) is 0 Å². The Morgan fingerprint density at radius 2 is 2.26 bits per heavy atom. The van der Waals surface area contributed by atoms with Gasteiger partial charge in [0.05, 0.1) is 5.56 Å². The summed E-state index contributed by atoms with van der Waals surface area (Å²) in [6.45, 7) is 2.01. The van der Waals surface area contributed by atoms with Crippen LogP contribution in [0.5, 0.6) is 0 Å². The van der Waals surface area contributed by atoms with E-state index < -0.39 is 0 Å². The fourth-order valence-electron chi connectivity index (χ4n) is 1.79. The Kier molecular flexibility index (Phi) is 5.24. The SMILES string of the molecule is CC(Cc1ccsc1)NC(=O)c1cc(Cl)ccc1I. The van der Waals surface area contributed by atoms with E-state index in [9.17, 15) is 4.79 Å². The lowest BCUT2D eigenvalue weighted by Gasteiger charge is -2.14. The van der Waals surface area contributed by atoms with Crippen LogP contribution in [0.3, 0.4) is 0 Å². The van der Waals surface area contributed by atoms with Gasteiger partial charge in [0.2, 0.25) is 0 Å². The molecule has 0 spiro atoms. The van der Waals surface area contributed by atoms with Gasteiger partial charge in [-0.3, -0.25) is 4.79 Å². The molecule has 1 aromatic heterocycles. The highest BCUT2D eigenvalue weighted by atomic mass is 127. The largest absolute Gasteiger partial charge is 0.349 e. The predicted molar refractivity (Wildman–Crippen MR) is 89.1 cm³/mol. The Morgan fingerprint density at radius 3 is 2.95 bits per heavy atom. The van der Waals surface area contributed by atoms with E-state index in [0.717, 1.165) is 9.99 Å². The average molecular weight is 406 g/mol. The van der Waals surface area contributed by atoms with E-state index >= 15 is 0 Å². The second kappa shape index (κ2) is 6.72. The number of carbonyl (C=O) groups is 1. The molecule has 2 aromatic rings. The van der Waals surface area contributed by atoms with Crippen molar-refractivity contribution in [2.24, 2.45) is 0 Å². The normalized spacial score (nSPS) is 12.2. The summed E-state index contributed by atoms with van der Waals surface area (Å²) >= 11 is 9.74. The number of nitrogens with one attached hydrogen (secondary N) is 1. The molecule has 0 radical (unpaired) electrons. The molecule has 100 valence electrons. The fraction of sp³-hybridized carbons (Fsp3) is 0.214. The van der Waals surface area contributed by atoms with Gasteiger partial charge in [0.25, 0.3) is 5.91 Å². The smallest absolute Gasteiger partial charge is 0.252 e. The molecule has 1 atom stereocenters. The van der Waals surface area contributed by atoms with Gasteiger partial charge in [-0.1, -0.05) is 11.6 Å². The van der Waals surface area contributed by atoms with E-state index in [1.54, 1.807) is 23.5 Å². The topological polar surface area (TPSA) is 29.1 Å². The Hall–Kier alpha value is -0.590. The second-order valence-electron chi connectivity index (χ2n) is 4.33. The molecule has 0 fully saturated rings. The van der Waals surface area contributed by atoms with Gasteiger partial charge in [0.1, 0.15) is 0 Å². The zero-order valence-electron chi connectivity index (χ0n) is 10.3. The molecule has 2 nitrogen and oxygen atoms in total. The molecule has 0 aliphatic carbocycles. The quantitative estimate of drug-likeness (QED) is 0.752. The zero-order chi connectivity index (χ0) is 13.8. The van der Waals surface area contributed by atoms with Crippen LogP contribution in [0.25, 0.3) is 0 Å². The third kappa shape index (κ3) is 4.19. The number of rotatable bonds is 4. The number of hydrogen-bond donors (Lipinski definition) is 1. The summed E-state index contributed by atoms with van der Waals surface area (Å²) in [6.07, 6.45) is 0.840. The Balaban J connectivity index is 2.02. The van der Waals surface area contributed by atoms with Gasteiger partial charge >= 0.3 is 0 Å². The first-order valence-electron chi connectivity index (χ1n) is 5.83. The van der Waals surface area contributed by atoms with Crippen molar-refractivity contribution in [3.63, 3.8) is 0 Å². The van der Waals surface area contributed by atoms with E-state index in [1.807, 2.05) is 18.4 Å². The van der Waals surface area contributed by atoms with Gasteiger partial charge in [-0.25, -0.2) is 0 Å². The van der Waals surface area contributed by atoms with Crippen molar-refractivity contribution in [1.29, 1.82) is 0 Å². The minimum absolute atomic E-state index is 0.0744. The van der Waals surface area contributed by atoms with Gasteiger partial charge in [-0.2, -0.15) is 11.3 Å². The van der Waals surface area contributed by atoms with Crippen molar-refractivity contribution in [3.8, 4) is 0 Å². The molecule has 1 amide bonds. The standard InChI is InChI=1S/C14H13ClINOS/c1-9(6-10-4-5-19-8-10)17-14(18)12-7-11(15)2-3-13(12)16/h2-5,7-9H,6H2,1H3,(H,17,18). The third-order valence-electron chi connectivity index (χ3n) is 2.67. The van der Waals surface area contributed by atoms with E-state index in [4.69, 9.17) is 11.6 Å². The van der Waals surface area contributed by atoms with Crippen molar-refractivity contribution in [1.82, 2.24) is 5.32 Å². The maximum atomic E-state index is 12.2. The number of amides is 1. The molecule has 1 aromatic carbocycles. The monoisotopic (exact) mass is 405 g/mol. The average Bonchev–Trinajstić information content (AvgIpc) is 2.84. The lowest BCUT2D eigenvalue weighted by atomic mass is 10.1. The van der Waals surface area contributed by atoms with Crippen LogP contribution in [-0.2, 0) is 6.42 Å². The summed E-state index contributed by atoms with van der Waals surface area (Å²) in [4.78, 5) is 12.2. The number of carbonyl (C=O) groups excluding carboxylic acids is 1. The molecule has 0 aliphatic rings. The first-order valence-corrected chi connectivity index (χ1v) is 8.23. The molecule has 1 N–H and O–H groups in total. The zero-order valence-corrected chi connectivity index (χ0v) is 14.1. The van der Waals surface area contributed by atoms with Gasteiger partial charge in [0, 0.05) is 14.6 Å². The number of halogens is 2.